The van der Waals surface area contributed by atoms with E-state index in [1.807, 2.05) is 121 Å². The van der Waals surface area contributed by atoms with Gasteiger partial charge in [-0.2, -0.15) is 0 Å². The lowest BCUT2D eigenvalue weighted by Gasteiger charge is -2.45. The highest BCUT2D eigenvalue weighted by molar-refractivity contribution is 7.57. The summed E-state index contributed by atoms with van der Waals surface area (Å²) >= 11 is 0. The van der Waals surface area contributed by atoms with E-state index in [1.165, 1.54) is 5.82 Å². The molecule has 248 valence electrons. The average Bonchev–Trinajstić information content (AvgIpc) is 3.11. The summed E-state index contributed by atoms with van der Waals surface area (Å²) in [6.07, 6.45) is -2.07. The van der Waals surface area contributed by atoms with Crippen LogP contribution < -0.4 is 4.74 Å². The van der Waals surface area contributed by atoms with Crippen LogP contribution in [-0.4, -0.2) is 43.9 Å². The van der Waals surface area contributed by atoms with Crippen LogP contribution in [0.4, 0.5) is 0 Å². The molecule has 4 aromatic carbocycles. The van der Waals surface area contributed by atoms with Crippen molar-refractivity contribution in [2.45, 2.75) is 64.4 Å². The highest BCUT2D eigenvalue weighted by atomic mass is 31.2. The standard InChI is InChI=1S/C38H43O8P/c1-3-43-47(39,44-4-2)26-25-34-35(40-27-30-17-9-5-10-18-30)36(41-28-31-19-11-6-12-20-31)37(42-29-32-21-13-7-14-22-32)38(46-34)45-33-23-15-8-16-24-33/h5-26,34-38H,3-4,27-29H2,1-2H3/b26-25+/t34-,35-,36+,37+,38+/m1/s1. The van der Waals surface area contributed by atoms with Crippen LogP contribution in [0.25, 0.3) is 0 Å². The second-order valence-corrected chi connectivity index (χ2v) is 12.8. The summed E-state index contributed by atoms with van der Waals surface area (Å²) in [5.41, 5.74) is 2.97. The maximum absolute atomic E-state index is 13.5. The Morgan fingerprint density at radius 1 is 0.596 bits per heavy atom. The van der Waals surface area contributed by atoms with E-state index in [4.69, 9.17) is 32.7 Å². The fourth-order valence-corrected chi connectivity index (χ4v) is 6.59. The van der Waals surface area contributed by atoms with Crippen molar-refractivity contribution in [3.8, 4) is 5.75 Å². The zero-order chi connectivity index (χ0) is 32.7. The molecule has 1 fully saturated rings. The summed E-state index contributed by atoms with van der Waals surface area (Å²) < 4.78 is 57.7. The molecule has 0 aliphatic carbocycles. The van der Waals surface area contributed by atoms with E-state index in [9.17, 15) is 4.57 Å². The van der Waals surface area contributed by atoms with Gasteiger partial charge in [-0.15, -0.1) is 0 Å². The SMILES string of the molecule is CCOP(=O)(/C=C/[C@H]1O[C@H](Oc2ccccc2)[C@@H](OCc2ccccc2)[C@@H](OCc2ccccc2)[C@@H]1OCc1ccccc1)OCC. The third-order valence-electron chi connectivity index (χ3n) is 7.46. The molecular weight excluding hydrogens is 615 g/mol. The molecule has 4 aromatic rings. The summed E-state index contributed by atoms with van der Waals surface area (Å²) in [5, 5.41) is 0. The lowest BCUT2D eigenvalue weighted by atomic mass is 9.97. The highest BCUT2D eigenvalue weighted by Crippen LogP contribution is 2.50. The molecular formula is C38H43O8P. The van der Waals surface area contributed by atoms with E-state index in [-0.39, 0.29) is 19.8 Å². The van der Waals surface area contributed by atoms with E-state index in [1.54, 1.807) is 19.9 Å². The zero-order valence-electron chi connectivity index (χ0n) is 26.8. The Hall–Kier alpha value is -3.59. The first-order chi connectivity index (χ1) is 23.1. The zero-order valence-corrected chi connectivity index (χ0v) is 27.7. The van der Waals surface area contributed by atoms with Gasteiger partial charge in [-0.1, -0.05) is 109 Å². The van der Waals surface area contributed by atoms with Crippen molar-refractivity contribution in [3.63, 3.8) is 0 Å². The molecule has 0 unspecified atom stereocenters. The van der Waals surface area contributed by atoms with Gasteiger partial charge in [-0.25, -0.2) is 0 Å². The van der Waals surface area contributed by atoms with Crippen molar-refractivity contribution in [1.82, 2.24) is 0 Å². The molecule has 47 heavy (non-hydrogen) atoms. The van der Waals surface area contributed by atoms with Crippen molar-refractivity contribution in [1.29, 1.82) is 0 Å². The van der Waals surface area contributed by atoms with Crippen LogP contribution in [-0.2, 0) is 52.4 Å². The first-order valence-corrected chi connectivity index (χ1v) is 17.6. The quantitative estimate of drug-likeness (QED) is 0.105. The Morgan fingerprint density at radius 3 is 1.49 bits per heavy atom. The summed E-state index contributed by atoms with van der Waals surface area (Å²) in [5.74, 6) is 2.05. The Bertz CT molecular complexity index is 1510. The molecule has 1 aliphatic rings. The second kappa shape index (κ2) is 18.1. The third kappa shape index (κ3) is 10.4. The molecule has 5 atom stereocenters. The number of ether oxygens (including phenoxy) is 5. The van der Waals surface area contributed by atoms with E-state index < -0.39 is 38.3 Å². The van der Waals surface area contributed by atoms with Crippen LogP contribution in [0.2, 0.25) is 0 Å². The van der Waals surface area contributed by atoms with Gasteiger partial charge >= 0.3 is 7.60 Å². The first kappa shape index (κ1) is 34.7. The maximum Gasteiger partial charge on any atom is 0.353 e. The Balaban J connectivity index is 1.53. The Kier molecular flexibility index (Phi) is 13.4. The molecule has 0 radical (unpaired) electrons. The number of para-hydroxylation sites is 1. The molecule has 8 nitrogen and oxygen atoms in total. The molecule has 0 spiro atoms. The summed E-state index contributed by atoms with van der Waals surface area (Å²) in [6.45, 7) is 4.87. The van der Waals surface area contributed by atoms with Gasteiger partial charge in [0.15, 0.2) is 0 Å². The molecule has 0 N–H and O–H groups in total. The van der Waals surface area contributed by atoms with Crippen molar-refractivity contribution >= 4 is 7.60 Å². The van der Waals surface area contributed by atoms with Gasteiger partial charge in [-0.05, 0) is 48.7 Å². The van der Waals surface area contributed by atoms with Crippen molar-refractivity contribution in [2.24, 2.45) is 0 Å². The number of hydrogen-bond donors (Lipinski definition) is 0. The van der Waals surface area contributed by atoms with Crippen LogP contribution in [0.3, 0.4) is 0 Å². The van der Waals surface area contributed by atoms with Gasteiger partial charge in [0.05, 0.1) is 33.0 Å². The average molecular weight is 659 g/mol. The largest absolute Gasteiger partial charge is 0.462 e. The van der Waals surface area contributed by atoms with Gasteiger partial charge in [0.2, 0.25) is 6.29 Å². The number of hydrogen-bond acceptors (Lipinski definition) is 8. The van der Waals surface area contributed by atoms with Crippen LogP contribution in [0.1, 0.15) is 30.5 Å². The summed E-state index contributed by atoms with van der Waals surface area (Å²) in [7, 11) is -3.56. The fraction of sp³-hybridized carbons (Fsp3) is 0.316. The summed E-state index contributed by atoms with van der Waals surface area (Å²) in [6, 6.07) is 39.2. The molecule has 0 aromatic heterocycles. The molecule has 0 bridgehead atoms. The minimum Gasteiger partial charge on any atom is -0.462 e. The second-order valence-electron chi connectivity index (χ2n) is 10.9. The van der Waals surface area contributed by atoms with Gasteiger partial charge in [0, 0.05) is 5.82 Å². The van der Waals surface area contributed by atoms with Gasteiger partial charge in [0.1, 0.15) is 30.2 Å². The topological polar surface area (TPSA) is 81.7 Å². The van der Waals surface area contributed by atoms with E-state index in [0.29, 0.717) is 19.0 Å². The van der Waals surface area contributed by atoms with E-state index in [2.05, 4.69) is 0 Å². The molecule has 9 heteroatoms. The van der Waals surface area contributed by atoms with E-state index >= 15 is 0 Å². The molecule has 5 rings (SSSR count). The van der Waals surface area contributed by atoms with Crippen molar-refractivity contribution in [3.05, 3.63) is 150 Å². The molecule has 1 heterocycles. The van der Waals surface area contributed by atoms with Crippen molar-refractivity contribution < 1.29 is 37.3 Å². The predicted octanol–water partition coefficient (Wildman–Crippen LogP) is 8.33. The number of rotatable bonds is 17. The van der Waals surface area contributed by atoms with Crippen LogP contribution in [0, 0.1) is 0 Å². The maximum atomic E-state index is 13.5. The fourth-order valence-electron chi connectivity index (χ4n) is 5.25. The molecule has 1 aliphatic heterocycles. The summed E-state index contributed by atoms with van der Waals surface area (Å²) in [4.78, 5) is 0. The van der Waals surface area contributed by atoms with Gasteiger partial charge in [-0.3, -0.25) is 4.57 Å². The highest BCUT2D eigenvalue weighted by Gasteiger charge is 2.49. The minimum absolute atomic E-state index is 0.221. The lowest BCUT2D eigenvalue weighted by Crippen LogP contribution is -2.61. The van der Waals surface area contributed by atoms with Gasteiger partial charge < -0.3 is 32.7 Å². The monoisotopic (exact) mass is 658 g/mol. The minimum atomic E-state index is -3.56. The normalized spacial score (nSPS) is 21.5. The number of benzene rings is 4. The first-order valence-electron chi connectivity index (χ1n) is 16.0. The van der Waals surface area contributed by atoms with E-state index in [0.717, 1.165) is 16.7 Å². The third-order valence-corrected chi connectivity index (χ3v) is 9.23. The van der Waals surface area contributed by atoms with Crippen LogP contribution in [0.5, 0.6) is 5.75 Å². The van der Waals surface area contributed by atoms with Crippen molar-refractivity contribution in [2.75, 3.05) is 13.2 Å². The smallest absolute Gasteiger partial charge is 0.353 e. The Morgan fingerprint density at radius 2 is 1.02 bits per heavy atom. The predicted molar refractivity (Wildman–Crippen MR) is 181 cm³/mol. The molecule has 1 saturated heterocycles. The molecule has 0 amide bonds. The Labute approximate surface area is 277 Å². The molecule has 0 saturated carbocycles. The van der Waals surface area contributed by atoms with Gasteiger partial charge in [0.25, 0.3) is 0 Å². The van der Waals surface area contributed by atoms with Crippen LogP contribution in [0.15, 0.2) is 133 Å². The van der Waals surface area contributed by atoms with Crippen LogP contribution >= 0.6 is 7.60 Å². The lowest BCUT2D eigenvalue weighted by molar-refractivity contribution is -0.295.